The van der Waals surface area contributed by atoms with Gasteiger partial charge in [0, 0.05) is 30.8 Å². The third-order valence-electron chi connectivity index (χ3n) is 2.82. The highest BCUT2D eigenvalue weighted by Gasteiger charge is 2.07. The first-order chi connectivity index (χ1) is 9.16. The third-order valence-corrected chi connectivity index (χ3v) is 2.82. The summed E-state index contributed by atoms with van der Waals surface area (Å²) in [7, 11) is 0. The van der Waals surface area contributed by atoms with Crippen molar-refractivity contribution in [2.24, 2.45) is 0 Å². The molecule has 0 atom stereocenters. The van der Waals surface area contributed by atoms with E-state index in [1.54, 1.807) is 24.7 Å². The Labute approximate surface area is 112 Å². The highest BCUT2D eigenvalue weighted by Crippen LogP contribution is 2.11. The maximum absolute atomic E-state index is 11.9. The zero-order valence-electron chi connectivity index (χ0n) is 11.1. The summed E-state index contributed by atoms with van der Waals surface area (Å²) in [5.41, 5.74) is 2.54. The van der Waals surface area contributed by atoms with Crippen LogP contribution in [-0.2, 0) is 6.54 Å². The Morgan fingerprint density at radius 3 is 2.68 bits per heavy atom. The van der Waals surface area contributed by atoms with Gasteiger partial charge in [-0.2, -0.15) is 0 Å². The molecule has 2 rings (SSSR count). The highest BCUT2D eigenvalue weighted by molar-refractivity contribution is 5.93. The van der Waals surface area contributed by atoms with Crippen molar-refractivity contribution in [3.63, 3.8) is 0 Å². The van der Waals surface area contributed by atoms with Gasteiger partial charge in [0.15, 0.2) is 0 Å². The fourth-order valence-electron chi connectivity index (χ4n) is 1.67. The van der Waals surface area contributed by atoms with E-state index in [4.69, 9.17) is 0 Å². The molecule has 4 heteroatoms. The monoisotopic (exact) mass is 255 g/mol. The molecule has 19 heavy (non-hydrogen) atoms. The summed E-state index contributed by atoms with van der Waals surface area (Å²) in [6.07, 6.45) is 5.06. The second kappa shape index (κ2) is 6.09. The van der Waals surface area contributed by atoms with Crippen LogP contribution in [0.15, 0.2) is 42.9 Å². The minimum absolute atomic E-state index is 0.119. The van der Waals surface area contributed by atoms with Crippen LogP contribution in [0, 0.1) is 0 Å². The molecule has 98 valence electrons. The molecule has 4 nitrogen and oxygen atoms in total. The van der Waals surface area contributed by atoms with Crippen molar-refractivity contribution in [3.8, 4) is 0 Å². The smallest absolute Gasteiger partial charge is 0.253 e. The number of hydrogen-bond acceptors (Lipinski definition) is 3. The van der Waals surface area contributed by atoms with Gasteiger partial charge in [0.1, 0.15) is 0 Å². The molecule has 1 N–H and O–H groups in total. The number of pyridine rings is 2. The standard InChI is InChI=1S/C15H17N3O/c1-11(2)14-6-5-13(10-17-14)15(19)18-9-12-4-3-7-16-8-12/h3-8,10-11H,9H2,1-2H3,(H,18,19). The number of nitrogens with one attached hydrogen (secondary N) is 1. The van der Waals surface area contributed by atoms with Gasteiger partial charge >= 0.3 is 0 Å². The number of carbonyl (C=O) groups is 1. The van der Waals surface area contributed by atoms with Crippen LogP contribution in [0.5, 0.6) is 0 Å². The van der Waals surface area contributed by atoms with Gasteiger partial charge in [-0.25, -0.2) is 0 Å². The average molecular weight is 255 g/mol. The lowest BCUT2D eigenvalue weighted by Crippen LogP contribution is -2.23. The van der Waals surface area contributed by atoms with Crippen molar-refractivity contribution < 1.29 is 4.79 Å². The van der Waals surface area contributed by atoms with E-state index in [1.807, 2.05) is 18.2 Å². The molecule has 0 spiro atoms. The molecule has 0 unspecified atom stereocenters. The molecule has 0 aliphatic rings. The van der Waals surface area contributed by atoms with Gasteiger partial charge in [-0.15, -0.1) is 0 Å². The number of nitrogens with zero attached hydrogens (tertiary/aromatic N) is 2. The van der Waals surface area contributed by atoms with Gasteiger partial charge in [0.2, 0.25) is 0 Å². The van der Waals surface area contributed by atoms with Crippen LogP contribution < -0.4 is 5.32 Å². The van der Waals surface area contributed by atoms with Gasteiger partial charge in [0.25, 0.3) is 5.91 Å². The van der Waals surface area contributed by atoms with Crippen LogP contribution in [0.4, 0.5) is 0 Å². The highest BCUT2D eigenvalue weighted by atomic mass is 16.1. The molecule has 2 aromatic rings. The average Bonchev–Trinajstić information content (AvgIpc) is 2.46. The minimum Gasteiger partial charge on any atom is -0.348 e. The largest absolute Gasteiger partial charge is 0.348 e. The van der Waals surface area contributed by atoms with Gasteiger partial charge in [-0.3, -0.25) is 14.8 Å². The SMILES string of the molecule is CC(C)c1ccc(C(=O)NCc2cccnc2)cn1. The summed E-state index contributed by atoms with van der Waals surface area (Å²) in [6, 6.07) is 7.47. The van der Waals surface area contributed by atoms with E-state index >= 15 is 0 Å². The summed E-state index contributed by atoms with van der Waals surface area (Å²) < 4.78 is 0. The lowest BCUT2D eigenvalue weighted by atomic mass is 10.1. The normalized spacial score (nSPS) is 10.5. The second-order valence-electron chi connectivity index (χ2n) is 4.67. The van der Waals surface area contributed by atoms with Crippen LogP contribution in [-0.4, -0.2) is 15.9 Å². The molecular formula is C15H17N3O. The van der Waals surface area contributed by atoms with Crippen molar-refractivity contribution in [2.75, 3.05) is 0 Å². The zero-order chi connectivity index (χ0) is 13.7. The Kier molecular flexibility index (Phi) is 4.23. The van der Waals surface area contributed by atoms with Crippen LogP contribution >= 0.6 is 0 Å². The molecule has 2 aromatic heterocycles. The first-order valence-electron chi connectivity index (χ1n) is 6.30. The molecule has 0 bridgehead atoms. The Morgan fingerprint density at radius 2 is 2.11 bits per heavy atom. The van der Waals surface area contributed by atoms with Crippen LogP contribution in [0.2, 0.25) is 0 Å². The first-order valence-corrected chi connectivity index (χ1v) is 6.30. The molecule has 0 saturated heterocycles. The van der Waals surface area contributed by atoms with Crippen LogP contribution in [0.1, 0.15) is 41.4 Å². The van der Waals surface area contributed by atoms with E-state index in [-0.39, 0.29) is 5.91 Å². The number of amides is 1. The Bertz CT molecular complexity index is 535. The van der Waals surface area contributed by atoms with Crippen molar-refractivity contribution in [1.82, 2.24) is 15.3 Å². The Balaban J connectivity index is 1.96. The predicted octanol–water partition coefficient (Wildman–Crippen LogP) is 2.53. The van der Waals surface area contributed by atoms with Gasteiger partial charge in [0.05, 0.1) is 5.56 Å². The van der Waals surface area contributed by atoms with E-state index in [1.165, 1.54) is 0 Å². The summed E-state index contributed by atoms with van der Waals surface area (Å²) in [6.45, 7) is 4.62. The maximum Gasteiger partial charge on any atom is 0.253 e. The topological polar surface area (TPSA) is 54.9 Å². The van der Waals surface area contributed by atoms with Crippen molar-refractivity contribution in [2.45, 2.75) is 26.3 Å². The molecule has 0 aliphatic heterocycles. The summed E-state index contributed by atoms with van der Waals surface area (Å²) in [5, 5.41) is 2.84. The molecule has 0 fully saturated rings. The predicted molar refractivity (Wildman–Crippen MR) is 73.7 cm³/mol. The Morgan fingerprint density at radius 1 is 1.26 bits per heavy atom. The summed E-state index contributed by atoms with van der Waals surface area (Å²) >= 11 is 0. The Hall–Kier alpha value is -2.23. The molecule has 0 aliphatic carbocycles. The molecule has 2 heterocycles. The lowest BCUT2D eigenvalue weighted by Gasteiger charge is -2.07. The van der Waals surface area contributed by atoms with Crippen molar-refractivity contribution in [1.29, 1.82) is 0 Å². The number of carbonyl (C=O) groups excluding carboxylic acids is 1. The summed E-state index contributed by atoms with van der Waals surface area (Å²) in [4.78, 5) is 20.2. The van der Waals surface area contributed by atoms with E-state index < -0.39 is 0 Å². The van der Waals surface area contributed by atoms with Crippen molar-refractivity contribution >= 4 is 5.91 Å². The van der Waals surface area contributed by atoms with Gasteiger partial charge in [-0.1, -0.05) is 19.9 Å². The molecule has 0 aromatic carbocycles. The lowest BCUT2D eigenvalue weighted by molar-refractivity contribution is 0.0950. The quantitative estimate of drug-likeness (QED) is 0.913. The number of rotatable bonds is 4. The van der Waals surface area contributed by atoms with E-state index in [9.17, 15) is 4.79 Å². The zero-order valence-corrected chi connectivity index (χ0v) is 11.1. The molecule has 0 saturated carbocycles. The van der Waals surface area contributed by atoms with Gasteiger partial charge in [-0.05, 0) is 29.7 Å². The maximum atomic E-state index is 11.9. The van der Waals surface area contributed by atoms with E-state index in [0.717, 1.165) is 11.3 Å². The number of aromatic nitrogens is 2. The van der Waals surface area contributed by atoms with Crippen LogP contribution in [0.25, 0.3) is 0 Å². The fraction of sp³-hybridized carbons (Fsp3) is 0.267. The van der Waals surface area contributed by atoms with E-state index in [0.29, 0.717) is 18.0 Å². The third kappa shape index (κ3) is 3.61. The molecular weight excluding hydrogens is 238 g/mol. The first kappa shape index (κ1) is 13.2. The van der Waals surface area contributed by atoms with Crippen LogP contribution in [0.3, 0.4) is 0 Å². The van der Waals surface area contributed by atoms with Crippen molar-refractivity contribution in [3.05, 3.63) is 59.7 Å². The fourth-order valence-corrected chi connectivity index (χ4v) is 1.67. The second-order valence-corrected chi connectivity index (χ2v) is 4.67. The number of hydrogen-bond donors (Lipinski definition) is 1. The van der Waals surface area contributed by atoms with Gasteiger partial charge < -0.3 is 5.32 Å². The summed E-state index contributed by atoms with van der Waals surface area (Å²) in [5.74, 6) is 0.249. The minimum atomic E-state index is -0.119. The molecule has 0 radical (unpaired) electrons. The molecule has 1 amide bonds. The van der Waals surface area contributed by atoms with E-state index in [2.05, 4.69) is 29.1 Å².